The third-order valence-electron chi connectivity index (χ3n) is 1.86. The Morgan fingerprint density at radius 3 is 2.28 bits per heavy atom. The van der Waals surface area contributed by atoms with E-state index in [0.717, 1.165) is 12.8 Å². The second kappa shape index (κ2) is 7.91. The van der Waals surface area contributed by atoms with Gasteiger partial charge in [-0.15, -0.1) is 0 Å². The maximum Gasteiger partial charge on any atom is 0.391 e. The van der Waals surface area contributed by atoms with E-state index in [4.69, 9.17) is 9.05 Å². The normalized spacial score (nSPS) is 17.8. The lowest BCUT2D eigenvalue weighted by molar-refractivity contribution is 0.0866. The van der Waals surface area contributed by atoms with Gasteiger partial charge in [-0.1, -0.05) is 13.3 Å². The van der Waals surface area contributed by atoms with Crippen LogP contribution in [0.5, 0.6) is 0 Å². The van der Waals surface area contributed by atoms with Gasteiger partial charge in [0.15, 0.2) is 0 Å². The van der Waals surface area contributed by atoms with E-state index in [0.29, 0.717) is 5.88 Å². The molecule has 0 radical (unpaired) electrons. The van der Waals surface area contributed by atoms with E-state index in [9.17, 15) is 4.57 Å². The van der Waals surface area contributed by atoms with Gasteiger partial charge in [0.05, 0.1) is 17.6 Å². The van der Waals surface area contributed by atoms with Crippen LogP contribution >= 0.6 is 18.2 Å². The SMILES string of the molecule is CCCC(C)OP(=O)(OC(C)(C)C)SCN(C)C. The molecule has 0 saturated heterocycles. The summed E-state index contributed by atoms with van der Waals surface area (Å²) in [4.78, 5) is 1.96. The molecular formula is C12H28NO3PS. The summed E-state index contributed by atoms with van der Waals surface area (Å²) >= 11 is 1.25. The first kappa shape index (κ1) is 18.5. The highest BCUT2D eigenvalue weighted by molar-refractivity contribution is 8.55. The highest BCUT2D eigenvalue weighted by atomic mass is 32.7. The van der Waals surface area contributed by atoms with Crippen molar-refractivity contribution in [1.82, 2.24) is 4.90 Å². The van der Waals surface area contributed by atoms with Crippen molar-refractivity contribution in [1.29, 1.82) is 0 Å². The van der Waals surface area contributed by atoms with Crippen LogP contribution in [-0.2, 0) is 13.6 Å². The van der Waals surface area contributed by atoms with E-state index < -0.39 is 12.4 Å². The summed E-state index contributed by atoms with van der Waals surface area (Å²) in [6.45, 7) is 6.60. The van der Waals surface area contributed by atoms with Crippen molar-refractivity contribution < 1.29 is 13.6 Å². The molecule has 0 aliphatic carbocycles. The fraction of sp³-hybridized carbons (Fsp3) is 1.00. The van der Waals surface area contributed by atoms with E-state index in [1.807, 2.05) is 46.7 Å². The second-order valence-electron chi connectivity index (χ2n) is 5.69. The second-order valence-corrected chi connectivity index (χ2v) is 9.61. The first-order valence-corrected chi connectivity index (χ1v) is 9.50. The Morgan fingerprint density at radius 1 is 1.33 bits per heavy atom. The van der Waals surface area contributed by atoms with Crippen LogP contribution in [-0.4, -0.2) is 36.6 Å². The smallest absolute Gasteiger partial charge is 0.300 e. The maximum atomic E-state index is 12.7. The van der Waals surface area contributed by atoms with Gasteiger partial charge in [0, 0.05) is 0 Å². The quantitative estimate of drug-likeness (QED) is 0.491. The Labute approximate surface area is 116 Å². The maximum absolute atomic E-state index is 12.7. The molecule has 0 fully saturated rings. The van der Waals surface area contributed by atoms with Crippen molar-refractivity contribution in [3.63, 3.8) is 0 Å². The Balaban J connectivity index is 4.64. The average Bonchev–Trinajstić information content (AvgIpc) is 2.11. The van der Waals surface area contributed by atoms with E-state index >= 15 is 0 Å². The molecule has 0 aliphatic rings. The van der Waals surface area contributed by atoms with Crippen LogP contribution < -0.4 is 0 Å². The van der Waals surface area contributed by atoms with Gasteiger partial charge < -0.3 is 0 Å². The topological polar surface area (TPSA) is 38.8 Å². The highest BCUT2D eigenvalue weighted by Crippen LogP contribution is 2.63. The zero-order valence-electron chi connectivity index (χ0n) is 12.7. The summed E-state index contributed by atoms with van der Waals surface area (Å²) in [6.07, 6.45) is 1.85. The van der Waals surface area contributed by atoms with Crippen LogP contribution in [0.4, 0.5) is 0 Å². The lowest BCUT2D eigenvalue weighted by Gasteiger charge is -2.29. The van der Waals surface area contributed by atoms with Gasteiger partial charge in [-0.3, -0.25) is 13.9 Å². The Hall–Kier alpha value is 0.460. The van der Waals surface area contributed by atoms with E-state index in [-0.39, 0.29) is 6.10 Å². The molecule has 0 aliphatic heterocycles. The van der Waals surface area contributed by atoms with E-state index in [1.54, 1.807) is 0 Å². The summed E-state index contributed by atoms with van der Waals surface area (Å²) in [5, 5.41) is 0. The van der Waals surface area contributed by atoms with Gasteiger partial charge in [-0.05, 0) is 59.6 Å². The van der Waals surface area contributed by atoms with Crippen molar-refractivity contribution in [2.75, 3.05) is 20.0 Å². The molecule has 0 N–H and O–H groups in total. The molecular weight excluding hydrogens is 269 g/mol. The molecule has 110 valence electrons. The molecule has 18 heavy (non-hydrogen) atoms. The van der Waals surface area contributed by atoms with E-state index in [1.165, 1.54) is 11.4 Å². The van der Waals surface area contributed by atoms with Gasteiger partial charge in [0.25, 0.3) is 0 Å². The van der Waals surface area contributed by atoms with Crippen molar-refractivity contribution in [2.45, 2.75) is 59.2 Å². The van der Waals surface area contributed by atoms with Crippen LogP contribution in [0.25, 0.3) is 0 Å². The summed E-state index contributed by atoms with van der Waals surface area (Å²) in [6, 6.07) is 0. The van der Waals surface area contributed by atoms with Crippen molar-refractivity contribution in [3.05, 3.63) is 0 Å². The molecule has 4 nitrogen and oxygen atoms in total. The fourth-order valence-corrected chi connectivity index (χ4v) is 5.59. The summed E-state index contributed by atoms with van der Waals surface area (Å²) in [7, 11) is 3.87. The Bertz CT molecular complexity index is 279. The average molecular weight is 297 g/mol. The first-order chi connectivity index (χ1) is 8.08. The third kappa shape index (κ3) is 9.40. The largest absolute Gasteiger partial charge is 0.391 e. The minimum Gasteiger partial charge on any atom is -0.300 e. The van der Waals surface area contributed by atoms with Crippen LogP contribution in [0.15, 0.2) is 0 Å². The number of rotatable bonds is 8. The zero-order chi connectivity index (χ0) is 14.4. The Morgan fingerprint density at radius 2 is 1.89 bits per heavy atom. The molecule has 0 spiro atoms. The first-order valence-electron chi connectivity index (χ1n) is 6.36. The predicted molar refractivity (Wildman–Crippen MR) is 80.0 cm³/mol. The minimum absolute atomic E-state index is 0.0437. The number of hydrogen-bond donors (Lipinski definition) is 0. The van der Waals surface area contributed by atoms with Gasteiger partial charge in [0.1, 0.15) is 0 Å². The molecule has 0 aromatic rings. The van der Waals surface area contributed by atoms with Crippen LogP contribution in [0.1, 0.15) is 47.5 Å². The fourth-order valence-electron chi connectivity index (χ4n) is 1.28. The lowest BCUT2D eigenvalue weighted by atomic mass is 10.2. The molecule has 0 rings (SSSR count). The van der Waals surface area contributed by atoms with Crippen LogP contribution in [0.3, 0.4) is 0 Å². The highest BCUT2D eigenvalue weighted by Gasteiger charge is 2.33. The van der Waals surface area contributed by atoms with Crippen molar-refractivity contribution >= 4 is 18.2 Å². The predicted octanol–water partition coefficient (Wildman–Crippen LogP) is 4.37. The molecule has 6 heteroatoms. The molecule has 2 unspecified atom stereocenters. The van der Waals surface area contributed by atoms with Crippen molar-refractivity contribution in [3.8, 4) is 0 Å². The third-order valence-corrected chi connectivity index (χ3v) is 5.98. The molecule has 2 atom stereocenters. The molecule has 0 bridgehead atoms. The zero-order valence-corrected chi connectivity index (χ0v) is 14.4. The monoisotopic (exact) mass is 297 g/mol. The van der Waals surface area contributed by atoms with E-state index in [2.05, 4.69) is 6.92 Å². The van der Waals surface area contributed by atoms with Gasteiger partial charge in [-0.25, -0.2) is 4.57 Å². The molecule has 0 aromatic heterocycles. The molecule has 0 heterocycles. The molecule has 0 saturated carbocycles. The Kier molecular flexibility index (Phi) is 8.11. The van der Waals surface area contributed by atoms with Gasteiger partial charge in [-0.2, -0.15) is 0 Å². The number of nitrogens with zero attached hydrogens (tertiary/aromatic N) is 1. The summed E-state index contributed by atoms with van der Waals surface area (Å²) in [5.41, 5.74) is -0.471. The summed E-state index contributed by atoms with van der Waals surface area (Å²) < 4.78 is 24.0. The minimum atomic E-state index is -3.11. The molecule has 0 aromatic carbocycles. The van der Waals surface area contributed by atoms with Crippen LogP contribution in [0, 0.1) is 0 Å². The lowest BCUT2D eigenvalue weighted by Crippen LogP contribution is -2.20. The van der Waals surface area contributed by atoms with Crippen LogP contribution in [0.2, 0.25) is 0 Å². The van der Waals surface area contributed by atoms with Crippen molar-refractivity contribution in [2.24, 2.45) is 0 Å². The standard InChI is InChI=1S/C12H28NO3PS/c1-8-9-11(2)15-17(14,16-12(3,4)5)18-10-13(6)7/h11H,8-10H2,1-7H3. The summed E-state index contributed by atoms with van der Waals surface area (Å²) in [5.74, 6) is 0.617. The molecule has 0 amide bonds. The number of hydrogen-bond acceptors (Lipinski definition) is 5. The van der Waals surface area contributed by atoms with Gasteiger partial charge >= 0.3 is 6.80 Å². The van der Waals surface area contributed by atoms with Gasteiger partial charge in [0.2, 0.25) is 0 Å².